The van der Waals surface area contributed by atoms with Crippen LogP contribution >= 0.6 is 0 Å². The molecule has 0 spiro atoms. The van der Waals surface area contributed by atoms with Crippen LogP contribution in [0, 0.1) is 0 Å². The van der Waals surface area contributed by atoms with E-state index in [0.29, 0.717) is 6.61 Å². The number of phenolic OH excluding ortho intramolecular Hbond substituents is 1. The molecule has 0 radical (unpaired) electrons. The lowest BCUT2D eigenvalue weighted by molar-refractivity contribution is -0.138. The van der Waals surface area contributed by atoms with Crippen molar-refractivity contribution in [2.75, 3.05) is 13.2 Å². The molecular weight excluding hydrogens is 266 g/mol. The maximum atomic E-state index is 11.9. The summed E-state index contributed by atoms with van der Waals surface area (Å²) in [5.41, 5.74) is 3.02. The monoisotopic (exact) mass is 289 g/mol. The predicted molar refractivity (Wildman–Crippen MR) is 81.9 cm³/mol. The Kier molecular flexibility index (Phi) is 5.67. The number of carbonyl (C=O) groups excluding carboxylic acids is 1. The Morgan fingerprint density at radius 3 is 2.67 bits per heavy atom. The molecule has 4 heteroatoms. The Morgan fingerprint density at radius 2 is 1.95 bits per heavy atom. The van der Waals surface area contributed by atoms with Gasteiger partial charge in [0.25, 0.3) is 0 Å². The lowest BCUT2D eigenvalue weighted by Crippen LogP contribution is -2.24. The van der Waals surface area contributed by atoms with Crippen LogP contribution in [0.25, 0.3) is 0 Å². The number of carbonyl (C=O) groups is 1. The minimum Gasteiger partial charge on any atom is -0.508 e. The van der Waals surface area contributed by atoms with Crippen LogP contribution in [0.15, 0.2) is 35.5 Å². The Bertz CT molecular complexity index is 505. The molecule has 0 atom stereocenters. The summed E-state index contributed by atoms with van der Waals surface area (Å²) in [6, 6.07) is 7.22. The van der Waals surface area contributed by atoms with Gasteiger partial charge in [0.15, 0.2) is 0 Å². The number of aromatic hydroxyl groups is 1. The summed E-state index contributed by atoms with van der Waals surface area (Å²) < 4.78 is 5.12. The molecule has 0 fully saturated rings. The quantitative estimate of drug-likeness (QED) is 0.791. The van der Waals surface area contributed by atoms with E-state index in [1.807, 2.05) is 19.1 Å². The van der Waals surface area contributed by atoms with E-state index in [-0.39, 0.29) is 11.7 Å². The summed E-state index contributed by atoms with van der Waals surface area (Å²) in [5, 5.41) is 12.6. The highest BCUT2D eigenvalue weighted by atomic mass is 16.5. The number of hydrogen-bond acceptors (Lipinski definition) is 4. The van der Waals surface area contributed by atoms with Gasteiger partial charge in [0.1, 0.15) is 5.75 Å². The molecule has 1 aliphatic rings. The van der Waals surface area contributed by atoms with E-state index in [4.69, 9.17) is 4.74 Å². The third kappa shape index (κ3) is 4.52. The molecule has 0 amide bonds. The molecular formula is C17H23NO3. The van der Waals surface area contributed by atoms with Crippen LogP contribution in [0.3, 0.4) is 0 Å². The number of rotatable bonds is 6. The molecule has 1 aliphatic carbocycles. The molecule has 0 unspecified atom stereocenters. The minimum absolute atomic E-state index is 0.177. The number of benzene rings is 1. The lowest BCUT2D eigenvalue weighted by Gasteiger charge is -2.20. The van der Waals surface area contributed by atoms with Crippen molar-refractivity contribution in [3.8, 4) is 5.75 Å². The Balaban J connectivity index is 1.92. The van der Waals surface area contributed by atoms with Crippen molar-refractivity contribution < 1.29 is 14.6 Å². The second kappa shape index (κ2) is 7.72. The first-order valence-corrected chi connectivity index (χ1v) is 7.61. The fourth-order valence-electron chi connectivity index (χ4n) is 2.56. The fourth-order valence-corrected chi connectivity index (χ4v) is 2.56. The molecule has 4 nitrogen and oxygen atoms in total. The summed E-state index contributed by atoms with van der Waals surface area (Å²) in [4.78, 5) is 11.9. The molecule has 0 aliphatic heterocycles. The number of hydrogen-bond donors (Lipinski definition) is 2. The second-order valence-electron chi connectivity index (χ2n) is 5.23. The predicted octanol–water partition coefficient (Wildman–Crippen LogP) is 2.92. The van der Waals surface area contributed by atoms with Crippen molar-refractivity contribution in [3.05, 3.63) is 41.1 Å². The molecule has 0 heterocycles. The van der Waals surface area contributed by atoms with Crippen LogP contribution in [0.2, 0.25) is 0 Å². The fraction of sp³-hybridized carbons (Fsp3) is 0.471. The van der Waals surface area contributed by atoms with Gasteiger partial charge in [-0.2, -0.15) is 0 Å². The summed E-state index contributed by atoms with van der Waals surface area (Å²) in [7, 11) is 0. The molecule has 0 saturated carbocycles. The van der Waals surface area contributed by atoms with Gasteiger partial charge in [0, 0.05) is 12.2 Å². The van der Waals surface area contributed by atoms with Crippen LogP contribution in [0.4, 0.5) is 0 Å². The number of allylic oxidation sites excluding steroid dienone is 1. The third-order valence-electron chi connectivity index (χ3n) is 3.68. The normalized spacial score (nSPS) is 14.9. The zero-order valence-corrected chi connectivity index (χ0v) is 12.5. The van der Waals surface area contributed by atoms with Gasteiger partial charge in [0.05, 0.1) is 12.2 Å². The number of ether oxygens (including phenoxy) is 1. The molecule has 0 aromatic heterocycles. The topological polar surface area (TPSA) is 58.6 Å². The summed E-state index contributed by atoms with van der Waals surface area (Å²) in [6.07, 6.45) is 4.76. The lowest BCUT2D eigenvalue weighted by atomic mass is 9.96. The van der Waals surface area contributed by atoms with Crippen LogP contribution < -0.4 is 5.32 Å². The van der Waals surface area contributed by atoms with Crippen molar-refractivity contribution in [3.63, 3.8) is 0 Å². The van der Waals surface area contributed by atoms with Crippen molar-refractivity contribution in [2.24, 2.45) is 0 Å². The van der Waals surface area contributed by atoms with Gasteiger partial charge in [-0.25, -0.2) is 4.79 Å². The van der Waals surface area contributed by atoms with Crippen LogP contribution in [0.1, 0.15) is 38.2 Å². The van der Waals surface area contributed by atoms with E-state index < -0.39 is 0 Å². The standard InChI is InChI=1S/C17H23NO3/c1-2-21-17(20)15-5-3-4-6-16(15)18-12-11-13-7-9-14(19)10-8-13/h7-10,18-19H,2-6,11-12H2,1H3. The van der Waals surface area contributed by atoms with Crippen molar-refractivity contribution in [1.29, 1.82) is 0 Å². The van der Waals surface area contributed by atoms with E-state index in [1.165, 1.54) is 0 Å². The average molecular weight is 289 g/mol. The zero-order chi connectivity index (χ0) is 15.1. The maximum Gasteiger partial charge on any atom is 0.335 e. The van der Waals surface area contributed by atoms with Crippen molar-refractivity contribution in [1.82, 2.24) is 5.32 Å². The summed E-state index contributed by atoms with van der Waals surface area (Å²) in [6.45, 7) is 3.03. The smallest absolute Gasteiger partial charge is 0.335 e. The van der Waals surface area contributed by atoms with Gasteiger partial charge in [0.2, 0.25) is 0 Å². The van der Waals surface area contributed by atoms with E-state index in [1.54, 1.807) is 12.1 Å². The van der Waals surface area contributed by atoms with Gasteiger partial charge in [-0.05, 0) is 56.7 Å². The molecule has 2 rings (SSSR count). The Morgan fingerprint density at radius 1 is 1.24 bits per heavy atom. The number of nitrogens with one attached hydrogen (secondary N) is 1. The maximum absolute atomic E-state index is 11.9. The zero-order valence-electron chi connectivity index (χ0n) is 12.5. The highest BCUT2D eigenvalue weighted by Gasteiger charge is 2.19. The van der Waals surface area contributed by atoms with Crippen LogP contribution in [-0.2, 0) is 16.0 Å². The van der Waals surface area contributed by atoms with Gasteiger partial charge in [-0.3, -0.25) is 0 Å². The van der Waals surface area contributed by atoms with Crippen molar-refractivity contribution in [2.45, 2.75) is 39.0 Å². The molecule has 1 aromatic rings. The van der Waals surface area contributed by atoms with E-state index in [2.05, 4.69) is 5.32 Å². The van der Waals surface area contributed by atoms with E-state index in [9.17, 15) is 9.90 Å². The first kappa shape index (κ1) is 15.4. The molecule has 114 valence electrons. The van der Waals surface area contributed by atoms with Crippen molar-refractivity contribution >= 4 is 5.97 Å². The highest BCUT2D eigenvalue weighted by molar-refractivity contribution is 5.89. The highest BCUT2D eigenvalue weighted by Crippen LogP contribution is 2.24. The van der Waals surface area contributed by atoms with Gasteiger partial charge in [-0.15, -0.1) is 0 Å². The first-order valence-electron chi connectivity index (χ1n) is 7.61. The molecule has 0 saturated heterocycles. The largest absolute Gasteiger partial charge is 0.508 e. The molecule has 2 N–H and O–H groups in total. The van der Waals surface area contributed by atoms with Crippen LogP contribution in [0.5, 0.6) is 5.75 Å². The number of phenols is 1. The third-order valence-corrected chi connectivity index (χ3v) is 3.68. The van der Waals surface area contributed by atoms with Crippen LogP contribution in [-0.4, -0.2) is 24.2 Å². The first-order chi connectivity index (χ1) is 10.2. The molecule has 21 heavy (non-hydrogen) atoms. The molecule has 0 bridgehead atoms. The van der Waals surface area contributed by atoms with E-state index >= 15 is 0 Å². The Hall–Kier alpha value is -1.97. The minimum atomic E-state index is -0.177. The average Bonchev–Trinajstić information content (AvgIpc) is 2.50. The molecule has 1 aromatic carbocycles. The summed E-state index contributed by atoms with van der Waals surface area (Å²) in [5.74, 6) is 0.107. The van der Waals surface area contributed by atoms with Gasteiger partial charge < -0.3 is 15.2 Å². The summed E-state index contributed by atoms with van der Waals surface area (Å²) >= 11 is 0. The second-order valence-corrected chi connectivity index (χ2v) is 5.23. The van der Waals surface area contributed by atoms with Gasteiger partial charge in [-0.1, -0.05) is 12.1 Å². The Labute approximate surface area is 125 Å². The number of esters is 1. The van der Waals surface area contributed by atoms with E-state index in [0.717, 1.165) is 55.5 Å². The SMILES string of the molecule is CCOC(=O)C1=C(NCCc2ccc(O)cc2)CCCC1. The van der Waals surface area contributed by atoms with Gasteiger partial charge >= 0.3 is 5.97 Å².